The van der Waals surface area contributed by atoms with E-state index in [-0.39, 0.29) is 48.8 Å². The van der Waals surface area contributed by atoms with Crippen molar-refractivity contribution >= 4 is 47.3 Å². The summed E-state index contributed by atoms with van der Waals surface area (Å²) in [5.74, 6) is -1.48. The first kappa shape index (κ1) is 24.7. The molecule has 0 saturated carbocycles. The van der Waals surface area contributed by atoms with Crippen LogP contribution in [-0.4, -0.2) is 54.6 Å². The molecular weight excluding hydrogens is 476 g/mol. The maximum Gasteiger partial charge on any atom is 0.229 e. The van der Waals surface area contributed by atoms with Crippen LogP contribution >= 0.6 is 0 Å². The van der Waals surface area contributed by atoms with Crippen LogP contribution in [0.3, 0.4) is 0 Å². The molecule has 10 N–H and O–H groups in total. The standard InChI is InChI=1S/C23H24N12O2/c24-17-30-18(25)33-21(32-17)28-11-23(15(36)13-7-3-1-4-8-13,16(37)14-9-5-2-6-10-14)12-29-22-34-19(26)31-20(27)35-22/h1-10H,11-12H2,(H5,24,25,28,30,32,33)(H5,26,27,29,31,34,35). The summed E-state index contributed by atoms with van der Waals surface area (Å²) < 4.78 is 0. The Kier molecular flexibility index (Phi) is 6.99. The van der Waals surface area contributed by atoms with Gasteiger partial charge < -0.3 is 33.6 Å². The minimum absolute atomic E-state index is 0.00949. The van der Waals surface area contributed by atoms with Crippen LogP contribution in [0.4, 0.5) is 35.7 Å². The Morgan fingerprint density at radius 2 is 0.892 bits per heavy atom. The lowest BCUT2D eigenvalue weighted by Gasteiger charge is -2.31. The number of anilines is 6. The second-order valence-electron chi connectivity index (χ2n) is 7.93. The first-order chi connectivity index (χ1) is 17.8. The van der Waals surface area contributed by atoms with Gasteiger partial charge in [-0.1, -0.05) is 60.7 Å². The third-order valence-electron chi connectivity index (χ3n) is 5.38. The van der Waals surface area contributed by atoms with Gasteiger partial charge in [-0.2, -0.15) is 29.9 Å². The van der Waals surface area contributed by atoms with E-state index in [9.17, 15) is 9.59 Å². The van der Waals surface area contributed by atoms with Crippen LogP contribution in [-0.2, 0) is 0 Å². The van der Waals surface area contributed by atoms with Crippen molar-refractivity contribution in [2.75, 3.05) is 46.7 Å². The fourth-order valence-electron chi connectivity index (χ4n) is 3.66. The van der Waals surface area contributed by atoms with Crippen LogP contribution in [0.1, 0.15) is 20.7 Å². The number of hydrogen-bond acceptors (Lipinski definition) is 14. The Balaban J connectivity index is 1.80. The predicted molar refractivity (Wildman–Crippen MR) is 138 cm³/mol. The summed E-state index contributed by atoms with van der Waals surface area (Å²) in [7, 11) is 0. The maximum absolute atomic E-state index is 14.1. The van der Waals surface area contributed by atoms with Gasteiger partial charge >= 0.3 is 0 Å². The second kappa shape index (κ2) is 10.5. The van der Waals surface area contributed by atoms with Gasteiger partial charge in [-0.3, -0.25) is 9.59 Å². The molecule has 0 aliphatic heterocycles. The van der Waals surface area contributed by atoms with Gasteiger partial charge in [-0.25, -0.2) is 0 Å². The number of carbonyl (C=O) groups excluding carboxylic acids is 2. The fraction of sp³-hybridized carbons (Fsp3) is 0.130. The predicted octanol–water partition coefficient (Wildman–Crippen LogP) is 0.662. The van der Waals surface area contributed by atoms with Crippen molar-refractivity contribution in [3.8, 4) is 0 Å². The van der Waals surface area contributed by atoms with Crippen molar-refractivity contribution in [1.29, 1.82) is 0 Å². The quantitative estimate of drug-likeness (QED) is 0.129. The molecule has 0 atom stereocenters. The van der Waals surface area contributed by atoms with E-state index in [4.69, 9.17) is 22.9 Å². The smallest absolute Gasteiger partial charge is 0.229 e. The fourth-order valence-corrected chi connectivity index (χ4v) is 3.66. The molecule has 14 heteroatoms. The van der Waals surface area contributed by atoms with E-state index >= 15 is 0 Å². The van der Waals surface area contributed by atoms with Crippen LogP contribution in [0.25, 0.3) is 0 Å². The molecule has 2 aromatic heterocycles. The summed E-state index contributed by atoms with van der Waals surface area (Å²) in [6, 6.07) is 16.8. The van der Waals surface area contributed by atoms with Gasteiger partial charge in [0.15, 0.2) is 11.6 Å². The molecule has 0 spiro atoms. The number of hydrogen-bond donors (Lipinski definition) is 6. The molecule has 0 saturated heterocycles. The van der Waals surface area contributed by atoms with Crippen molar-refractivity contribution in [3.63, 3.8) is 0 Å². The molecule has 37 heavy (non-hydrogen) atoms. The van der Waals surface area contributed by atoms with E-state index in [0.717, 1.165) is 0 Å². The van der Waals surface area contributed by atoms with Crippen LogP contribution in [0, 0.1) is 5.41 Å². The summed E-state index contributed by atoms with van der Waals surface area (Å²) in [5.41, 5.74) is 21.6. The SMILES string of the molecule is Nc1nc(N)nc(NCC(CNc2nc(N)nc(N)n2)(C(=O)c2ccccc2)C(=O)c2ccccc2)n1. The van der Waals surface area contributed by atoms with E-state index in [0.29, 0.717) is 11.1 Å². The summed E-state index contributed by atoms with van der Waals surface area (Å²) in [6.45, 7) is -0.499. The molecule has 0 unspecified atom stereocenters. The molecule has 0 aliphatic carbocycles. The lowest BCUT2D eigenvalue weighted by atomic mass is 9.74. The number of nitrogens with zero attached hydrogens (tertiary/aromatic N) is 6. The highest BCUT2D eigenvalue weighted by molar-refractivity contribution is 6.20. The Morgan fingerprint density at radius 1 is 0.568 bits per heavy atom. The van der Waals surface area contributed by atoms with E-state index < -0.39 is 17.0 Å². The molecule has 0 bridgehead atoms. The zero-order chi connectivity index (χ0) is 26.4. The first-order valence-electron chi connectivity index (χ1n) is 11.0. The van der Waals surface area contributed by atoms with E-state index in [2.05, 4.69) is 40.5 Å². The minimum Gasteiger partial charge on any atom is -0.368 e. The van der Waals surface area contributed by atoms with E-state index in [1.165, 1.54) is 0 Å². The Hall–Kier alpha value is -5.40. The van der Waals surface area contributed by atoms with Crippen molar-refractivity contribution in [2.24, 2.45) is 5.41 Å². The zero-order valence-corrected chi connectivity index (χ0v) is 19.5. The molecule has 4 aromatic rings. The van der Waals surface area contributed by atoms with Gasteiger partial charge in [0, 0.05) is 24.2 Å². The summed E-state index contributed by atoms with van der Waals surface area (Å²) >= 11 is 0. The summed E-state index contributed by atoms with van der Waals surface area (Å²) in [5, 5.41) is 5.84. The number of aromatic nitrogens is 6. The number of nitrogens with two attached hydrogens (primary N) is 4. The topological polar surface area (TPSA) is 240 Å². The van der Waals surface area contributed by atoms with Crippen molar-refractivity contribution < 1.29 is 9.59 Å². The van der Waals surface area contributed by atoms with Crippen molar-refractivity contribution in [3.05, 3.63) is 71.8 Å². The largest absolute Gasteiger partial charge is 0.368 e. The van der Waals surface area contributed by atoms with E-state index in [1.807, 2.05) is 0 Å². The minimum atomic E-state index is -1.75. The molecule has 188 valence electrons. The molecule has 0 amide bonds. The number of carbonyl (C=O) groups is 2. The number of nitrogen functional groups attached to an aromatic ring is 4. The van der Waals surface area contributed by atoms with Crippen LogP contribution in [0.15, 0.2) is 60.7 Å². The highest BCUT2D eigenvalue weighted by Gasteiger charge is 2.46. The number of rotatable bonds is 10. The van der Waals surface area contributed by atoms with Gasteiger partial charge in [0.25, 0.3) is 0 Å². The second-order valence-corrected chi connectivity index (χ2v) is 7.93. The third-order valence-corrected chi connectivity index (χ3v) is 5.38. The Bertz CT molecular complexity index is 1270. The Morgan fingerprint density at radius 3 is 1.22 bits per heavy atom. The first-order valence-corrected chi connectivity index (χ1v) is 11.0. The van der Waals surface area contributed by atoms with Crippen molar-refractivity contribution in [2.45, 2.75) is 0 Å². The number of ketones is 2. The van der Waals surface area contributed by atoms with Gasteiger partial charge in [0.05, 0.1) is 0 Å². The molecule has 14 nitrogen and oxygen atoms in total. The Labute approximate surface area is 211 Å². The molecule has 0 aliphatic rings. The van der Waals surface area contributed by atoms with Gasteiger partial charge in [-0.15, -0.1) is 0 Å². The van der Waals surface area contributed by atoms with Crippen LogP contribution < -0.4 is 33.6 Å². The van der Waals surface area contributed by atoms with Gasteiger partial charge in [-0.05, 0) is 0 Å². The molecule has 2 aromatic carbocycles. The summed E-state index contributed by atoms with van der Waals surface area (Å²) in [6.07, 6.45) is 0. The molecule has 0 fully saturated rings. The molecule has 2 heterocycles. The zero-order valence-electron chi connectivity index (χ0n) is 19.5. The lowest BCUT2D eigenvalue weighted by Crippen LogP contribution is -2.50. The van der Waals surface area contributed by atoms with Crippen LogP contribution in [0.2, 0.25) is 0 Å². The average molecular weight is 501 g/mol. The molecule has 4 rings (SSSR count). The number of nitrogens with one attached hydrogen (secondary N) is 2. The lowest BCUT2D eigenvalue weighted by molar-refractivity contribution is 0.0696. The van der Waals surface area contributed by atoms with Gasteiger partial charge in [0.1, 0.15) is 5.41 Å². The highest BCUT2D eigenvalue weighted by Crippen LogP contribution is 2.30. The van der Waals surface area contributed by atoms with Gasteiger partial charge in [0.2, 0.25) is 35.7 Å². The monoisotopic (exact) mass is 500 g/mol. The third kappa shape index (κ3) is 5.64. The average Bonchev–Trinajstić information content (AvgIpc) is 2.88. The van der Waals surface area contributed by atoms with E-state index in [1.54, 1.807) is 60.7 Å². The van der Waals surface area contributed by atoms with Crippen LogP contribution in [0.5, 0.6) is 0 Å². The van der Waals surface area contributed by atoms with Crippen molar-refractivity contribution in [1.82, 2.24) is 29.9 Å². The number of benzene rings is 2. The number of Topliss-reactive ketones (excluding diaryl/α,β-unsaturated/α-hetero) is 2. The summed E-state index contributed by atoms with van der Waals surface area (Å²) in [4.78, 5) is 51.6. The highest BCUT2D eigenvalue weighted by atomic mass is 16.2. The maximum atomic E-state index is 14.1. The normalized spacial score (nSPS) is 11.0. The molecule has 0 radical (unpaired) electrons. The molecular formula is C23H24N12O2.